The Morgan fingerprint density at radius 1 is 1.11 bits per heavy atom. The normalized spacial score (nSPS) is 18.0. The molecule has 1 fully saturated rings. The van der Waals surface area contributed by atoms with Crippen LogP contribution in [-0.4, -0.2) is 46.2 Å². The number of hydrogen-bond donors (Lipinski definition) is 1. The number of nitrogens with one attached hydrogen (secondary N) is 1. The molecule has 2 rings (SSSR count). The third-order valence-corrected chi connectivity index (χ3v) is 6.05. The van der Waals surface area contributed by atoms with Crippen molar-refractivity contribution in [2.45, 2.75) is 72.4 Å². The zero-order chi connectivity index (χ0) is 21.4. The van der Waals surface area contributed by atoms with E-state index >= 15 is 0 Å². The topological polar surface area (TPSA) is 92.8 Å². The lowest BCUT2D eigenvalue weighted by molar-refractivity contribution is -0.156. The van der Waals surface area contributed by atoms with Crippen LogP contribution in [0, 0.1) is 13.8 Å². The Bertz CT molecular complexity index is 818. The van der Waals surface area contributed by atoms with Crippen LogP contribution in [0.2, 0.25) is 0 Å². The maximum absolute atomic E-state index is 12.9. The van der Waals surface area contributed by atoms with Gasteiger partial charge in [0.1, 0.15) is 10.8 Å². The molecule has 1 aromatic heterocycles. The van der Waals surface area contributed by atoms with Crippen LogP contribution in [-0.2, 0) is 19.1 Å². The maximum Gasteiger partial charge on any atom is 0.341 e. The van der Waals surface area contributed by atoms with Gasteiger partial charge < -0.3 is 15.0 Å². The van der Waals surface area contributed by atoms with Crippen LogP contribution >= 0.6 is 11.3 Å². The van der Waals surface area contributed by atoms with Gasteiger partial charge in [-0.3, -0.25) is 14.4 Å². The summed E-state index contributed by atoms with van der Waals surface area (Å²) < 4.78 is 5.31. The number of anilines is 1. The number of Topliss-reactive ketones (excluding diaryl/α,β-unsaturated/α-hetero) is 1. The molecule has 0 aliphatic carbocycles. The fraction of sp³-hybridized carbons (Fsp3) is 0.600. The average molecular weight is 409 g/mol. The third kappa shape index (κ3) is 4.43. The Morgan fingerprint density at radius 3 is 2.14 bits per heavy atom. The summed E-state index contributed by atoms with van der Waals surface area (Å²) in [5.41, 5.74) is -0.315. The number of esters is 1. The Kier molecular flexibility index (Phi) is 6.04. The molecule has 8 heteroatoms. The standard InChI is InChI=1S/C20H28N2O5S/c1-11-12(2)28-17(21-13(3)23)16(11)18(26)27-10-15(25)22-19(4,5)8-14(24)9-20(22,6)7/h8-10H2,1-7H3,(H,21,23). The molecule has 0 aromatic carbocycles. The van der Waals surface area contributed by atoms with Gasteiger partial charge in [0.15, 0.2) is 6.61 Å². The summed E-state index contributed by atoms with van der Waals surface area (Å²) in [5, 5.41) is 3.06. The van der Waals surface area contributed by atoms with E-state index in [1.54, 1.807) is 11.8 Å². The van der Waals surface area contributed by atoms with Gasteiger partial charge in [0.25, 0.3) is 5.91 Å². The lowest BCUT2D eigenvalue weighted by Crippen LogP contribution is -2.63. The lowest BCUT2D eigenvalue weighted by Gasteiger charge is -2.51. The van der Waals surface area contributed by atoms with E-state index in [0.29, 0.717) is 5.00 Å². The molecule has 7 nitrogen and oxygen atoms in total. The van der Waals surface area contributed by atoms with Crippen LogP contribution in [0.3, 0.4) is 0 Å². The minimum Gasteiger partial charge on any atom is -0.452 e. The van der Waals surface area contributed by atoms with Gasteiger partial charge in [-0.1, -0.05) is 0 Å². The Hall–Kier alpha value is -2.22. The predicted octanol–water partition coefficient (Wildman–Crippen LogP) is 3.23. The van der Waals surface area contributed by atoms with Crippen LogP contribution in [0.5, 0.6) is 0 Å². The number of rotatable bonds is 4. The molecule has 2 heterocycles. The molecule has 1 N–H and O–H groups in total. The van der Waals surface area contributed by atoms with E-state index in [1.165, 1.54) is 18.3 Å². The van der Waals surface area contributed by atoms with Gasteiger partial charge in [-0.25, -0.2) is 4.79 Å². The second kappa shape index (κ2) is 7.66. The molecule has 1 aliphatic heterocycles. The molecular formula is C20H28N2O5S. The molecule has 0 bridgehead atoms. The number of nitrogens with zero attached hydrogens (tertiary/aromatic N) is 1. The molecule has 0 spiro atoms. The summed E-state index contributed by atoms with van der Waals surface area (Å²) >= 11 is 1.29. The molecule has 2 amide bonds. The molecule has 0 saturated carbocycles. The molecule has 28 heavy (non-hydrogen) atoms. The van der Waals surface area contributed by atoms with E-state index in [9.17, 15) is 19.2 Å². The first-order valence-corrected chi connectivity index (χ1v) is 9.97. The van der Waals surface area contributed by atoms with Crippen molar-refractivity contribution in [2.75, 3.05) is 11.9 Å². The van der Waals surface area contributed by atoms with E-state index < -0.39 is 23.7 Å². The van der Waals surface area contributed by atoms with Crippen molar-refractivity contribution in [3.8, 4) is 0 Å². The fourth-order valence-corrected chi connectivity index (χ4v) is 5.16. The van der Waals surface area contributed by atoms with Gasteiger partial charge >= 0.3 is 5.97 Å². The minimum absolute atomic E-state index is 0.111. The first-order valence-electron chi connectivity index (χ1n) is 9.16. The van der Waals surface area contributed by atoms with Crippen LogP contribution < -0.4 is 5.32 Å². The summed E-state index contributed by atoms with van der Waals surface area (Å²) in [7, 11) is 0. The zero-order valence-corrected chi connectivity index (χ0v) is 18.3. The molecule has 1 aromatic rings. The van der Waals surface area contributed by atoms with Crippen LogP contribution in [0.15, 0.2) is 0 Å². The van der Waals surface area contributed by atoms with Gasteiger partial charge in [-0.15, -0.1) is 11.3 Å². The summed E-state index contributed by atoms with van der Waals surface area (Å²) in [6.07, 6.45) is 0.539. The van der Waals surface area contributed by atoms with E-state index in [4.69, 9.17) is 4.74 Å². The van der Waals surface area contributed by atoms with Crippen molar-refractivity contribution in [1.82, 2.24) is 4.90 Å². The van der Waals surface area contributed by atoms with Gasteiger partial charge in [0.2, 0.25) is 5.91 Å². The largest absolute Gasteiger partial charge is 0.452 e. The zero-order valence-electron chi connectivity index (χ0n) is 17.5. The number of thiophene rings is 1. The van der Waals surface area contributed by atoms with Crippen LogP contribution in [0.25, 0.3) is 0 Å². The number of likely N-dealkylation sites (tertiary alicyclic amines) is 1. The van der Waals surface area contributed by atoms with Gasteiger partial charge in [0.05, 0.1) is 5.56 Å². The summed E-state index contributed by atoms with van der Waals surface area (Å²) in [6.45, 7) is 11.9. The highest BCUT2D eigenvalue weighted by atomic mass is 32.1. The van der Waals surface area contributed by atoms with Gasteiger partial charge in [-0.05, 0) is 47.1 Å². The highest BCUT2D eigenvalue weighted by Gasteiger charge is 2.47. The number of hydrogen-bond acceptors (Lipinski definition) is 6. The van der Waals surface area contributed by atoms with Crippen molar-refractivity contribution in [1.29, 1.82) is 0 Å². The summed E-state index contributed by atoms with van der Waals surface area (Å²) in [4.78, 5) is 51.5. The minimum atomic E-state index is -0.654. The monoisotopic (exact) mass is 408 g/mol. The summed E-state index contributed by atoms with van der Waals surface area (Å²) in [5.74, 6) is -1.17. The molecule has 0 radical (unpaired) electrons. The number of amides is 2. The van der Waals surface area contributed by atoms with Gasteiger partial charge in [-0.2, -0.15) is 0 Å². The number of ketones is 1. The van der Waals surface area contributed by atoms with Crippen molar-refractivity contribution in [2.24, 2.45) is 0 Å². The van der Waals surface area contributed by atoms with Crippen molar-refractivity contribution in [3.05, 3.63) is 16.0 Å². The van der Waals surface area contributed by atoms with Crippen molar-refractivity contribution in [3.63, 3.8) is 0 Å². The first kappa shape index (κ1) is 22.1. The van der Waals surface area contributed by atoms with E-state index in [-0.39, 0.29) is 36.0 Å². The quantitative estimate of drug-likeness (QED) is 0.772. The summed E-state index contributed by atoms with van der Waals surface area (Å²) in [6, 6.07) is 0. The number of carbonyl (C=O) groups excluding carboxylic acids is 4. The Balaban J connectivity index is 2.18. The van der Waals surface area contributed by atoms with Gasteiger partial charge in [0, 0.05) is 35.7 Å². The smallest absolute Gasteiger partial charge is 0.341 e. The van der Waals surface area contributed by atoms with E-state index in [1.807, 2.05) is 34.6 Å². The lowest BCUT2D eigenvalue weighted by atomic mass is 9.79. The Labute approximate surface area is 169 Å². The molecule has 1 aliphatic rings. The second-order valence-electron chi connectivity index (χ2n) is 8.49. The predicted molar refractivity (Wildman–Crippen MR) is 108 cm³/mol. The maximum atomic E-state index is 12.9. The average Bonchev–Trinajstić information content (AvgIpc) is 2.75. The van der Waals surface area contributed by atoms with E-state index in [2.05, 4.69) is 5.32 Å². The third-order valence-electron chi connectivity index (χ3n) is 4.93. The Morgan fingerprint density at radius 2 is 1.64 bits per heavy atom. The number of piperidine rings is 1. The molecule has 1 saturated heterocycles. The number of aryl methyl sites for hydroxylation is 1. The highest BCUT2D eigenvalue weighted by molar-refractivity contribution is 7.16. The van der Waals surface area contributed by atoms with Crippen LogP contribution in [0.4, 0.5) is 5.00 Å². The first-order chi connectivity index (χ1) is 12.8. The van der Waals surface area contributed by atoms with Crippen molar-refractivity contribution < 1.29 is 23.9 Å². The molecule has 0 atom stereocenters. The second-order valence-corrected chi connectivity index (χ2v) is 9.72. The molecular weight excluding hydrogens is 380 g/mol. The highest BCUT2D eigenvalue weighted by Crippen LogP contribution is 2.37. The number of carbonyl (C=O) groups is 4. The molecule has 154 valence electrons. The molecule has 0 unspecified atom stereocenters. The SMILES string of the molecule is CC(=O)Nc1sc(C)c(C)c1C(=O)OCC(=O)N1C(C)(C)CC(=O)CC1(C)C. The van der Waals surface area contributed by atoms with Crippen molar-refractivity contribution >= 4 is 39.9 Å². The van der Waals surface area contributed by atoms with Crippen LogP contribution in [0.1, 0.15) is 68.3 Å². The fourth-order valence-electron chi connectivity index (χ4n) is 4.06. The van der Waals surface area contributed by atoms with E-state index in [0.717, 1.165) is 10.4 Å². The number of ether oxygens (including phenoxy) is 1.